The summed E-state index contributed by atoms with van der Waals surface area (Å²) in [5, 5.41) is 9.37. The molecule has 0 spiro atoms. The van der Waals surface area contributed by atoms with Crippen molar-refractivity contribution in [2.45, 2.75) is 25.3 Å². The second-order valence-corrected chi connectivity index (χ2v) is 7.68. The van der Waals surface area contributed by atoms with E-state index >= 15 is 0 Å². The molecule has 27 heavy (non-hydrogen) atoms. The maximum atomic E-state index is 12.3. The number of aromatic nitrogens is 2. The highest BCUT2D eigenvalue weighted by atomic mass is 32.2. The number of hydrogen-bond acceptors (Lipinski definition) is 5. The average Bonchev–Trinajstić information content (AvgIpc) is 3.16. The highest BCUT2D eigenvalue weighted by Crippen LogP contribution is 2.21. The van der Waals surface area contributed by atoms with Crippen molar-refractivity contribution in [3.05, 3.63) is 77.1 Å². The van der Waals surface area contributed by atoms with Crippen LogP contribution >= 0.6 is 0 Å². The summed E-state index contributed by atoms with van der Waals surface area (Å²) in [5.41, 5.74) is 3.01. The Kier molecular flexibility index (Phi) is 5.11. The zero-order chi connectivity index (χ0) is 19.6. The quantitative estimate of drug-likeness (QED) is 0.680. The number of esters is 1. The summed E-state index contributed by atoms with van der Waals surface area (Å²) in [5.74, 6) is -0.612. The van der Waals surface area contributed by atoms with E-state index in [1.54, 1.807) is 30.8 Å². The number of rotatable bonds is 5. The van der Waals surface area contributed by atoms with Gasteiger partial charge in [0.25, 0.3) is 0 Å². The second kappa shape index (κ2) is 7.34. The normalized spacial score (nSPS) is 11.4. The third-order valence-corrected chi connectivity index (χ3v) is 5.27. The minimum atomic E-state index is -3.92. The Morgan fingerprint density at radius 1 is 1.19 bits per heavy atom. The van der Waals surface area contributed by atoms with E-state index in [1.807, 2.05) is 36.5 Å². The Balaban J connectivity index is 1.74. The van der Waals surface area contributed by atoms with Crippen molar-refractivity contribution in [3.8, 4) is 5.69 Å². The predicted octanol–water partition coefficient (Wildman–Crippen LogP) is 2.49. The lowest BCUT2D eigenvalue weighted by Gasteiger charge is -2.11. The number of nitrogens with zero attached hydrogens (tertiary/aromatic N) is 2. The molecule has 0 amide bonds. The molecule has 0 atom stereocenters. The largest absolute Gasteiger partial charge is 0.457 e. The van der Waals surface area contributed by atoms with Crippen LogP contribution in [0.5, 0.6) is 0 Å². The standard InChI is InChI=1S/C19H19N3O4S/c1-13-10-16(11-18(14(13)2)27(20,24)25)19(23)26-12-15-4-6-17(7-5-15)22-9-3-8-21-22/h3-11H,12H2,1-2H3,(H2,20,24,25). The number of nitrogens with two attached hydrogens (primary N) is 1. The summed E-state index contributed by atoms with van der Waals surface area (Å²) in [6, 6.07) is 12.1. The van der Waals surface area contributed by atoms with Gasteiger partial charge in [-0.1, -0.05) is 12.1 Å². The number of hydrogen-bond donors (Lipinski definition) is 1. The van der Waals surface area contributed by atoms with E-state index in [-0.39, 0.29) is 17.1 Å². The third kappa shape index (κ3) is 4.24. The Morgan fingerprint density at radius 2 is 1.89 bits per heavy atom. The summed E-state index contributed by atoms with van der Waals surface area (Å²) < 4.78 is 30.4. The zero-order valence-electron chi connectivity index (χ0n) is 14.9. The Morgan fingerprint density at radius 3 is 2.48 bits per heavy atom. The summed E-state index contributed by atoms with van der Waals surface area (Å²) in [6.45, 7) is 3.43. The van der Waals surface area contributed by atoms with Crippen LogP contribution in [0, 0.1) is 13.8 Å². The Hall–Kier alpha value is -2.97. The van der Waals surface area contributed by atoms with Crippen molar-refractivity contribution < 1.29 is 17.9 Å². The van der Waals surface area contributed by atoms with E-state index in [0.717, 1.165) is 11.3 Å². The maximum Gasteiger partial charge on any atom is 0.338 e. The van der Waals surface area contributed by atoms with E-state index in [2.05, 4.69) is 5.10 Å². The van der Waals surface area contributed by atoms with Crippen LogP contribution in [0.1, 0.15) is 27.0 Å². The topological polar surface area (TPSA) is 104 Å². The van der Waals surface area contributed by atoms with Gasteiger partial charge in [-0.15, -0.1) is 0 Å². The molecule has 0 aliphatic carbocycles. The molecule has 3 rings (SSSR count). The van der Waals surface area contributed by atoms with E-state index in [0.29, 0.717) is 11.1 Å². The van der Waals surface area contributed by atoms with Gasteiger partial charge in [0.15, 0.2) is 0 Å². The Labute approximate surface area is 157 Å². The molecular weight excluding hydrogens is 366 g/mol. The molecule has 1 aromatic heterocycles. The number of aryl methyl sites for hydroxylation is 1. The highest BCUT2D eigenvalue weighted by Gasteiger charge is 2.18. The molecule has 0 saturated carbocycles. The molecule has 0 aliphatic rings. The number of carbonyl (C=O) groups excluding carboxylic acids is 1. The van der Waals surface area contributed by atoms with Crippen molar-refractivity contribution in [3.63, 3.8) is 0 Å². The summed E-state index contributed by atoms with van der Waals surface area (Å²) >= 11 is 0. The first-order valence-corrected chi connectivity index (χ1v) is 9.70. The molecule has 0 unspecified atom stereocenters. The smallest absolute Gasteiger partial charge is 0.338 e. The number of sulfonamides is 1. The van der Waals surface area contributed by atoms with Crippen LogP contribution in [-0.2, 0) is 21.4 Å². The first-order chi connectivity index (χ1) is 12.8. The fourth-order valence-corrected chi connectivity index (χ4v) is 3.52. The molecule has 3 aromatic rings. The van der Waals surface area contributed by atoms with Crippen LogP contribution in [0.25, 0.3) is 5.69 Å². The molecular formula is C19H19N3O4S. The number of ether oxygens (including phenoxy) is 1. The lowest BCUT2D eigenvalue weighted by Crippen LogP contribution is -2.16. The van der Waals surface area contributed by atoms with Crippen LogP contribution in [0.15, 0.2) is 59.8 Å². The first kappa shape index (κ1) is 18.8. The molecule has 0 radical (unpaired) electrons. The van der Waals surface area contributed by atoms with Gasteiger partial charge in [-0.05, 0) is 60.9 Å². The fourth-order valence-electron chi connectivity index (χ4n) is 2.64. The van der Waals surface area contributed by atoms with Gasteiger partial charge in [0.05, 0.1) is 16.1 Å². The summed E-state index contributed by atoms with van der Waals surface area (Å²) in [4.78, 5) is 12.3. The molecule has 7 nitrogen and oxygen atoms in total. The summed E-state index contributed by atoms with van der Waals surface area (Å²) in [7, 11) is -3.92. The SMILES string of the molecule is Cc1cc(C(=O)OCc2ccc(-n3cccn3)cc2)cc(S(N)(=O)=O)c1C. The van der Waals surface area contributed by atoms with E-state index in [1.165, 1.54) is 6.07 Å². The van der Waals surface area contributed by atoms with Gasteiger partial charge in [-0.25, -0.2) is 23.0 Å². The molecule has 0 aliphatic heterocycles. The summed E-state index contributed by atoms with van der Waals surface area (Å²) in [6.07, 6.45) is 3.52. The van der Waals surface area contributed by atoms with Crippen LogP contribution in [0.2, 0.25) is 0 Å². The molecule has 0 bridgehead atoms. The van der Waals surface area contributed by atoms with E-state index in [9.17, 15) is 13.2 Å². The zero-order valence-corrected chi connectivity index (χ0v) is 15.7. The number of benzene rings is 2. The van der Waals surface area contributed by atoms with Gasteiger partial charge in [-0.3, -0.25) is 0 Å². The van der Waals surface area contributed by atoms with Gasteiger partial charge in [0.2, 0.25) is 10.0 Å². The Bertz CT molecular complexity index is 1070. The van der Waals surface area contributed by atoms with Crippen molar-refractivity contribution in [1.82, 2.24) is 9.78 Å². The molecule has 2 N–H and O–H groups in total. The lowest BCUT2D eigenvalue weighted by molar-refractivity contribution is 0.0472. The van der Waals surface area contributed by atoms with Crippen LogP contribution in [0.3, 0.4) is 0 Å². The third-order valence-electron chi connectivity index (χ3n) is 4.24. The van der Waals surface area contributed by atoms with Gasteiger partial charge in [0.1, 0.15) is 6.61 Å². The number of carbonyl (C=O) groups is 1. The molecule has 1 heterocycles. The van der Waals surface area contributed by atoms with Gasteiger partial charge in [-0.2, -0.15) is 5.10 Å². The van der Waals surface area contributed by atoms with Crippen LogP contribution in [-0.4, -0.2) is 24.2 Å². The highest BCUT2D eigenvalue weighted by molar-refractivity contribution is 7.89. The maximum absolute atomic E-state index is 12.3. The van der Waals surface area contributed by atoms with Crippen molar-refractivity contribution in [2.24, 2.45) is 5.14 Å². The first-order valence-electron chi connectivity index (χ1n) is 8.16. The fraction of sp³-hybridized carbons (Fsp3) is 0.158. The lowest BCUT2D eigenvalue weighted by atomic mass is 10.1. The second-order valence-electron chi connectivity index (χ2n) is 6.15. The predicted molar refractivity (Wildman–Crippen MR) is 100.0 cm³/mol. The monoisotopic (exact) mass is 385 g/mol. The minimum absolute atomic E-state index is 0.0653. The van der Waals surface area contributed by atoms with E-state index < -0.39 is 16.0 Å². The minimum Gasteiger partial charge on any atom is -0.457 e. The van der Waals surface area contributed by atoms with Crippen molar-refractivity contribution in [1.29, 1.82) is 0 Å². The average molecular weight is 385 g/mol. The van der Waals surface area contributed by atoms with Crippen LogP contribution in [0.4, 0.5) is 0 Å². The molecule has 0 saturated heterocycles. The van der Waals surface area contributed by atoms with Gasteiger partial charge >= 0.3 is 5.97 Å². The van der Waals surface area contributed by atoms with Gasteiger partial charge < -0.3 is 4.74 Å². The molecule has 140 valence electrons. The molecule has 2 aromatic carbocycles. The number of primary sulfonamides is 1. The van der Waals surface area contributed by atoms with Crippen LogP contribution < -0.4 is 5.14 Å². The van der Waals surface area contributed by atoms with E-state index in [4.69, 9.17) is 9.88 Å². The van der Waals surface area contributed by atoms with Gasteiger partial charge in [0, 0.05) is 12.4 Å². The van der Waals surface area contributed by atoms with Crippen molar-refractivity contribution >= 4 is 16.0 Å². The molecule has 0 fully saturated rings. The van der Waals surface area contributed by atoms with Crippen molar-refractivity contribution in [2.75, 3.05) is 0 Å². The molecule has 8 heteroatoms.